The molecule has 0 saturated heterocycles. The molecule has 7 nitrogen and oxygen atoms in total. The Balaban J connectivity index is 1.56. The van der Waals surface area contributed by atoms with Crippen molar-refractivity contribution >= 4 is 17.0 Å². The third kappa shape index (κ3) is 4.21. The lowest BCUT2D eigenvalue weighted by atomic mass is 10.0. The van der Waals surface area contributed by atoms with Crippen LogP contribution in [0.1, 0.15) is 21.6 Å². The molecule has 4 rings (SSSR count). The van der Waals surface area contributed by atoms with Crippen LogP contribution in [0.15, 0.2) is 59.3 Å². The maximum absolute atomic E-state index is 12.8. The second-order valence-electron chi connectivity index (χ2n) is 7.24. The highest BCUT2D eigenvalue weighted by Crippen LogP contribution is 2.25. The number of hydrogen-bond acceptors (Lipinski definition) is 7. The molecule has 0 N–H and O–H groups in total. The van der Waals surface area contributed by atoms with Crippen molar-refractivity contribution in [2.75, 3.05) is 21.2 Å². The number of rotatable bonds is 7. The Labute approximate surface area is 174 Å². The first kappa shape index (κ1) is 19.7. The highest BCUT2D eigenvalue weighted by molar-refractivity contribution is 5.97. The van der Waals surface area contributed by atoms with E-state index in [0.717, 1.165) is 17.7 Å². The topological polar surface area (TPSA) is 81.3 Å². The van der Waals surface area contributed by atoms with Gasteiger partial charge in [-0.05, 0) is 44.4 Å². The Hall–Kier alpha value is -3.58. The summed E-state index contributed by atoms with van der Waals surface area (Å²) in [7, 11) is 5.59. The lowest BCUT2D eigenvalue weighted by molar-refractivity contribution is 0.0991. The van der Waals surface area contributed by atoms with Gasteiger partial charge >= 0.3 is 0 Å². The van der Waals surface area contributed by atoms with Crippen LogP contribution >= 0.6 is 0 Å². The van der Waals surface area contributed by atoms with E-state index < -0.39 is 0 Å². The fourth-order valence-electron chi connectivity index (χ4n) is 3.26. The minimum absolute atomic E-state index is 0.0337. The molecule has 4 aromatic rings. The van der Waals surface area contributed by atoms with Crippen molar-refractivity contribution in [1.82, 2.24) is 19.9 Å². The molecule has 0 fully saturated rings. The zero-order chi connectivity index (χ0) is 21.1. The van der Waals surface area contributed by atoms with Crippen LogP contribution in [0.2, 0.25) is 0 Å². The van der Waals surface area contributed by atoms with Gasteiger partial charge in [-0.2, -0.15) is 4.98 Å². The summed E-state index contributed by atoms with van der Waals surface area (Å²) < 4.78 is 11.2. The zero-order valence-corrected chi connectivity index (χ0v) is 17.1. The highest BCUT2D eigenvalue weighted by atomic mass is 16.5. The van der Waals surface area contributed by atoms with Crippen LogP contribution in [0.3, 0.4) is 0 Å². The number of methoxy groups -OCH3 is 1. The number of hydrogen-bond donors (Lipinski definition) is 0. The smallest absolute Gasteiger partial charge is 0.229 e. The van der Waals surface area contributed by atoms with E-state index in [1.54, 1.807) is 37.7 Å². The Kier molecular flexibility index (Phi) is 5.54. The normalized spacial score (nSPS) is 11.2. The Morgan fingerprint density at radius 3 is 2.73 bits per heavy atom. The SMILES string of the molecule is COc1cc(C(=O)Cc2cc(-c3nc4ncccc4o3)ccn2)ccc1CN(C)C. The van der Waals surface area contributed by atoms with Gasteiger partial charge in [0.05, 0.1) is 13.5 Å². The predicted molar refractivity (Wildman–Crippen MR) is 113 cm³/mol. The van der Waals surface area contributed by atoms with Crippen molar-refractivity contribution in [2.45, 2.75) is 13.0 Å². The lowest BCUT2D eigenvalue weighted by Crippen LogP contribution is -2.12. The summed E-state index contributed by atoms with van der Waals surface area (Å²) in [5.74, 6) is 1.12. The molecular formula is C23H22N4O3. The van der Waals surface area contributed by atoms with Gasteiger partial charge in [0.1, 0.15) is 5.75 Å². The average Bonchev–Trinajstić information content (AvgIpc) is 3.18. The first-order valence-corrected chi connectivity index (χ1v) is 9.55. The van der Waals surface area contributed by atoms with Crippen molar-refractivity contribution in [3.8, 4) is 17.2 Å². The summed E-state index contributed by atoms with van der Waals surface area (Å²) in [6.07, 6.45) is 3.49. The maximum atomic E-state index is 12.8. The number of benzene rings is 1. The molecule has 0 unspecified atom stereocenters. The monoisotopic (exact) mass is 402 g/mol. The third-order valence-corrected chi connectivity index (χ3v) is 4.67. The lowest BCUT2D eigenvalue weighted by Gasteiger charge is -2.14. The molecule has 0 atom stereocenters. The fraction of sp³-hybridized carbons (Fsp3) is 0.217. The summed E-state index contributed by atoms with van der Waals surface area (Å²) in [5.41, 5.74) is 4.18. The summed E-state index contributed by atoms with van der Waals surface area (Å²) in [5, 5.41) is 0. The molecule has 7 heteroatoms. The Bertz CT molecular complexity index is 1170. The summed E-state index contributed by atoms with van der Waals surface area (Å²) in [6.45, 7) is 0.737. The van der Waals surface area contributed by atoms with Gasteiger partial charge in [-0.15, -0.1) is 0 Å². The van der Waals surface area contributed by atoms with Crippen molar-refractivity contribution in [3.63, 3.8) is 0 Å². The standard InChI is InChI=1S/C23H22N4O3/c1-27(2)14-17-7-6-15(12-21(17)29-3)19(28)13-18-11-16(8-10-24-18)23-26-22-20(30-23)5-4-9-25-22/h4-12H,13-14H2,1-3H3. The van der Waals surface area contributed by atoms with E-state index in [1.165, 1.54) is 0 Å². The predicted octanol–water partition coefficient (Wildman–Crippen LogP) is 3.78. The molecular weight excluding hydrogens is 380 g/mol. The second kappa shape index (κ2) is 8.42. The number of aromatic nitrogens is 3. The van der Waals surface area contributed by atoms with Gasteiger partial charge in [0.2, 0.25) is 5.89 Å². The number of fused-ring (bicyclic) bond motifs is 1. The number of ether oxygens (including phenoxy) is 1. The molecule has 0 aliphatic rings. The molecule has 0 aliphatic heterocycles. The van der Waals surface area contributed by atoms with Crippen LogP contribution in [-0.4, -0.2) is 46.8 Å². The minimum atomic E-state index is -0.0337. The number of Topliss-reactive ketones (excluding diaryl/α,β-unsaturated/α-hetero) is 1. The van der Waals surface area contributed by atoms with E-state index in [1.807, 2.05) is 38.4 Å². The van der Waals surface area contributed by atoms with Gasteiger partial charge in [0, 0.05) is 41.3 Å². The number of nitrogens with zero attached hydrogens (tertiary/aromatic N) is 4. The van der Waals surface area contributed by atoms with Crippen molar-refractivity contribution in [3.05, 3.63) is 71.7 Å². The molecule has 3 aromatic heterocycles. The van der Waals surface area contributed by atoms with E-state index in [-0.39, 0.29) is 12.2 Å². The molecule has 0 saturated carbocycles. The summed E-state index contributed by atoms with van der Waals surface area (Å²) in [4.78, 5) is 27.8. The fourth-order valence-corrected chi connectivity index (χ4v) is 3.26. The number of oxazole rings is 1. The molecule has 0 radical (unpaired) electrons. The van der Waals surface area contributed by atoms with E-state index in [9.17, 15) is 4.79 Å². The van der Waals surface area contributed by atoms with Crippen LogP contribution in [0, 0.1) is 0 Å². The largest absolute Gasteiger partial charge is 0.496 e. The number of carbonyl (C=O) groups excluding carboxylic acids is 1. The molecule has 0 spiro atoms. The van der Waals surface area contributed by atoms with Crippen molar-refractivity contribution < 1.29 is 13.9 Å². The van der Waals surface area contributed by atoms with Gasteiger partial charge in [-0.3, -0.25) is 9.78 Å². The molecule has 0 bridgehead atoms. The number of carbonyl (C=O) groups is 1. The van der Waals surface area contributed by atoms with Gasteiger partial charge in [-0.1, -0.05) is 12.1 Å². The minimum Gasteiger partial charge on any atom is -0.496 e. The maximum Gasteiger partial charge on any atom is 0.229 e. The van der Waals surface area contributed by atoms with Crippen LogP contribution in [-0.2, 0) is 13.0 Å². The van der Waals surface area contributed by atoms with E-state index >= 15 is 0 Å². The van der Waals surface area contributed by atoms with Crippen LogP contribution in [0.5, 0.6) is 5.75 Å². The second-order valence-corrected chi connectivity index (χ2v) is 7.24. The van der Waals surface area contributed by atoms with Gasteiger partial charge < -0.3 is 14.1 Å². The van der Waals surface area contributed by atoms with Gasteiger partial charge in [0.15, 0.2) is 17.0 Å². The van der Waals surface area contributed by atoms with Crippen molar-refractivity contribution in [2.24, 2.45) is 0 Å². The van der Waals surface area contributed by atoms with Crippen LogP contribution in [0.4, 0.5) is 0 Å². The average molecular weight is 402 g/mol. The highest BCUT2D eigenvalue weighted by Gasteiger charge is 2.14. The van der Waals surface area contributed by atoms with Crippen LogP contribution < -0.4 is 4.74 Å². The van der Waals surface area contributed by atoms with Gasteiger partial charge in [0.25, 0.3) is 0 Å². The van der Waals surface area contributed by atoms with E-state index in [2.05, 4.69) is 19.9 Å². The quantitative estimate of drug-likeness (QED) is 0.435. The molecule has 152 valence electrons. The first-order chi connectivity index (χ1) is 14.5. The summed E-state index contributed by atoms with van der Waals surface area (Å²) in [6, 6.07) is 12.8. The number of ketones is 1. The number of pyridine rings is 2. The molecule has 0 aliphatic carbocycles. The molecule has 0 amide bonds. The van der Waals surface area contributed by atoms with E-state index in [4.69, 9.17) is 9.15 Å². The molecule has 30 heavy (non-hydrogen) atoms. The van der Waals surface area contributed by atoms with E-state index in [0.29, 0.717) is 34.1 Å². The summed E-state index contributed by atoms with van der Waals surface area (Å²) >= 11 is 0. The van der Waals surface area contributed by atoms with Crippen molar-refractivity contribution in [1.29, 1.82) is 0 Å². The zero-order valence-electron chi connectivity index (χ0n) is 17.1. The van der Waals surface area contributed by atoms with Crippen LogP contribution in [0.25, 0.3) is 22.7 Å². The Morgan fingerprint density at radius 1 is 1.10 bits per heavy atom. The molecule has 1 aromatic carbocycles. The third-order valence-electron chi connectivity index (χ3n) is 4.67. The van der Waals surface area contributed by atoms with Gasteiger partial charge in [-0.25, -0.2) is 4.98 Å². The Morgan fingerprint density at radius 2 is 1.97 bits per heavy atom. The molecule has 3 heterocycles. The first-order valence-electron chi connectivity index (χ1n) is 9.55.